The average Bonchev–Trinajstić information content (AvgIpc) is 2.50. The Bertz CT molecular complexity index is 362. The molecule has 0 bridgehead atoms. The summed E-state index contributed by atoms with van der Waals surface area (Å²) in [7, 11) is 0. The molecule has 0 aliphatic rings. The van der Waals surface area contributed by atoms with E-state index in [4.69, 9.17) is 5.11 Å². The van der Waals surface area contributed by atoms with Gasteiger partial charge in [-0.3, -0.25) is 4.79 Å². The highest BCUT2D eigenvalue weighted by atomic mass is 16.4. The first-order valence-electron chi connectivity index (χ1n) is 8.59. The second-order valence-corrected chi connectivity index (χ2v) is 5.37. The Kier molecular flexibility index (Phi) is 16.2. The van der Waals surface area contributed by atoms with Crippen LogP contribution in [-0.2, 0) is 4.79 Å². The molecule has 0 aromatic carbocycles. The van der Waals surface area contributed by atoms with Gasteiger partial charge in [0.15, 0.2) is 0 Å². The minimum Gasteiger partial charge on any atom is -0.481 e. The van der Waals surface area contributed by atoms with Gasteiger partial charge in [-0.1, -0.05) is 68.4 Å². The fourth-order valence-electron chi connectivity index (χ4n) is 1.93. The van der Waals surface area contributed by atoms with E-state index >= 15 is 0 Å². The first-order valence-corrected chi connectivity index (χ1v) is 8.59. The van der Waals surface area contributed by atoms with Crippen molar-refractivity contribution in [1.29, 1.82) is 0 Å². The number of carboxylic acid groups (broad SMARTS) is 1. The third-order valence-electron chi connectivity index (χ3n) is 3.22. The Morgan fingerprint density at radius 3 is 1.64 bits per heavy atom. The SMILES string of the molecule is CCCCC/C=C/C/C=C/C/C=C/C/C=C\CCCC(=O)O. The highest BCUT2D eigenvalue weighted by Crippen LogP contribution is 2.01. The van der Waals surface area contributed by atoms with Crippen LogP contribution in [0.1, 0.15) is 71.1 Å². The van der Waals surface area contributed by atoms with Crippen LogP contribution in [0.3, 0.4) is 0 Å². The van der Waals surface area contributed by atoms with Crippen LogP contribution < -0.4 is 0 Å². The topological polar surface area (TPSA) is 37.3 Å². The van der Waals surface area contributed by atoms with Crippen LogP contribution in [-0.4, -0.2) is 11.1 Å². The lowest BCUT2D eigenvalue weighted by molar-refractivity contribution is -0.137. The molecule has 0 saturated heterocycles. The van der Waals surface area contributed by atoms with E-state index in [1.807, 2.05) is 0 Å². The first kappa shape index (κ1) is 20.4. The van der Waals surface area contributed by atoms with E-state index in [-0.39, 0.29) is 6.42 Å². The van der Waals surface area contributed by atoms with Crippen molar-refractivity contribution in [2.24, 2.45) is 0 Å². The molecule has 0 rings (SSSR count). The lowest BCUT2D eigenvalue weighted by atomic mass is 10.2. The van der Waals surface area contributed by atoms with Gasteiger partial charge < -0.3 is 5.11 Å². The van der Waals surface area contributed by atoms with Gasteiger partial charge in [-0.05, 0) is 44.9 Å². The van der Waals surface area contributed by atoms with Gasteiger partial charge in [-0.25, -0.2) is 0 Å². The highest BCUT2D eigenvalue weighted by Gasteiger charge is 1.92. The Labute approximate surface area is 136 Å². The Hall–Kier alpha value is -1.57. The van der Waals surface area contributed by atoms with Crippen LogP contribution in [0.5, 0.6) is 0 Å². The second-order valence-electron chi connectivity index (χ2n) is 5.37. The van der Waals surface area contributed by atoms with Crippen LogP contribution in [0, 0.1) is 0 Å². The van der Waals surface area contributed by atoms with Gasteiger partial charge in [0.1, 0.15) is 0 Å². The largest absolute Gasteiger partial charge is 0.481 e. The molecule has 0 heterocycles. The van der Waals surface area contributed by atoms with Gasteiger partial charge in [0.05, 0.1) is 0 Å². The van der Waals surface area contributed by atoms with Crippen LogP contribution >= 0.6 is 0 Å². The maximum absolute atomic E-state index is 10.3. The highest BCUT2D eigenvalue weighted by molar-refractivity contribution is 5.66. The van der Waals surface area contributed by atoms with E-state index in [1.54, 1.807) is 0 Å². The van der Waals surface area contributed by atoms with Crippen molar-refractivity contribution in [3.8, 4) is 0 Å². The molecule has 0 aromatic heterocycles. The van der Waals surface area contributed by atoms with Crippen molar-refractivity contribution in [2.75, 3.05) is 0 Å². The van der Waals surface area contributed by atoms with Gasteiger partial charge in [0, 0.05) is 6.42 Å². The fraction of sp³-hybridized carbons (Fsp3) is 0.550. The number of unbranched alkanes of at least 4 members (excludes halogenated alkanes) is 4. The van der Waals surface area contributed by atoms with E-state index in [0.717, 1.165) is 32.1 Å². The number of carboxylic acids is 1. The molecule has 0 aliphatic heterocycles. The predicted octanol–water partition coefficient (Wildman–Crippen LogP) is 6.22. The molecule has 0 unspecified atom stereocenters. The first-order chi connectivity index (χ1) is 10.8. The number of carbonyl (C=O) groups is 1. The summed E-state index contributed by atoms with van der Waals surface area (Å²) in [4.78, 5) is 10.3. The zero-order valence-electron chi connectivity index (χ0n) is 14.0. The maximum atomic E-state index is 10.3. The van der Waals surface area contributed by atoms with Gasteiger partial charge in [-0.15, -0.1) is 0 Å². The molecule has 0 aromatic rings. The number of aliphatic carboxylic acids is 1. The normalized spacial score (nSPS) is 12.4. The summed E-state index contributed by atoms with van der Waals surface area (Å²) in [6.07, 6.45) is 27.3. The van der Waals surface area contributed by atoms with Gasteiger partial charge in [0.2, 0.25) is 0 Å². The monoisotopic (exact) mass is 304 g/mol. The lowest BCUT2D eigenvalue weighted by Crippen LogP contribution is -1.92. The van der Waals surface area contributed by atoms with Crippen molar-refractivity contribution in [1.82, 2.24) is 0 Å². The van der Waals surface area contributed by atoms with E-state index in [0.29, 0.717) is 0 Å². The Morgan fingerprint density at radius 2 is 1.18 bits per heavy atom. The fourth-order valence-corrected chi connectivity index (χ4v) is 1.93. The predicted molar refractivity (Wildman–Crippen MR) is 96.0 cm³/mol. The molecule has 0 saturated carbocycles. The zero-order chi connectivity index (χ0) is 16.3. The molecule has 0 amide bonds. The van der Waals surface area contributed by atoms with E-state index in [2.05, 4.69) is 55.5 Å². The molecule has 0 fully saturated rings. The van der Waals surface area contributed by atoms with Crippen molar-refractivity contribution >= 4 is 5.97 Å². The molecular weight excluding hydrogens is 272 g/mol. The number of hydrogen-bond acceptors (Lipinski definition) is 1. The molecule has 0 atom stereocenters. The van der Waals surface area contributed by atoms with Crippen LogP contribution in [0.25, 0.3) is 0 Å². The van der Waals surface area contributed by atoms with Crippen LogP contribution in [0.4, 0.5) is 0 Å². The molecule has 2 heteroatoms. The lowest BCUT2D eigenvalue weighted by Gasteiger charge is -1.90. The second kappa shape index (κ2) is 17.5. The molecule has 124 valence electrons. The van der Waals surface area contributed by atoms with Crippen molar-refractivity contribution < 1.29 is 9.90 Å². The molecule has 22 heavy (non-hydrogen) atoms. The Balaban J connectivity index is 3.40. The van der Waals surface area contributed by atoms with Crippen molar-refractivity contribution in [3.05, 3.63) is 48.6 Å². The van der Waals surface area contributed by atoms with Crippen molar-refractivity contribution in [2.45, 2.75) is 71.1 Å². The molecular formula is C20H32O2. The summed E-state index contributed by atoms with van der Waals surface area (Å²) in [5.41, 5.74) is 0. The van der Waals surface area contributed by atoms with Gasteiger partial charge in [0.25, 0.3) is 0 Å². The molecule has 0 aliphatic carbocycles. The number of allylic oxidation sites excluding steroid dienone is 8. The summed E-state index contributed by atoms with van der Waals surface area (Å²) >= 11 is 0. The third kappa shape index (κ3) is 18.4. The van der Waals surface area contributed by atoms with Gasteiger partial charge in [-0.2, -0.15) is 0 Å². The minimum absolute atomic E-state index is 0.262. The molecule has 0 radical (unpaired) electrons. The quantitative estimate of drug-likeness (QED) is 0.305. The number of hydrogen-bond donors (Lipinski definition) is 1. The minimum atomic E-state index is -0.712. The third-order valence-corrected chi connectivity index (χ3v) is 3.22. The standard InChI is InChI=1S/C20H32O2/c1-2-3-4-5-6-7-8-9-10-11-12-13-14-15-16-17-18-19-20(21)22/h6-7,9-10,12-13,15-16H,2-5,8,11,14,17-19H2,1H3,(H,21,22)/b7-6+,10-9+,13-12+,16-15-. The summed E-state index contributed by atoms with van der Waals surface area (Å²) in [6.45, 7) is 2.23. The van der Waals surface area contributed by atoms with Crippen molar-refractivity contribution in [3.63, 3.8) is 0 Å². The van der Waals surface area contributed by atoms with Crippen LogP contribution in [0.2, 0.25) is 0 Å². The summed E-state index contributed by atoms with van der Waals surface area (Å²) in [5.74, 6) is -0.712. The summed E-state index contributed by atoms with van der Waals surface area (Å²) in [6, 6.07) is 0. The number of rotatable bonds is 14. The maximum Gasteiger partial charge on any atom is 0.303 e. The van der Waals surface area contributed by atoms with Gasteiger partial charge >= 0.3 is 5.97 Å². The van der Waals surface area contributed by atoms with E-state index < -0.39 is 5.97 Å². The zero-order valence-corrected chi connectivity index (χ0v) is 14.0. The summed E-state index contributed by atoms with van der Waals surface area (Å²) < 4.78 is 0. The Morgan fingerprint density at radius 1 is 0.727 bits per heavy atom. The molecule has 1 N–H and O–H groups in total. The smallest absolute Gasteiger partial charge is 0.303 e. The van der Waals surface area contributed by atoms with E-state index in [1.165, 1.54) is 25.7 Å². The molecule has 0 spiro atoms. The van der Waals surface area contributed by atoms with Crippen LogP contribution in [0.15, 0.2) is 48.6 Å². The van der Waals surface area contributed by atoms with E-state index in [9.17, 15) is 4.79 Å². The average molecular weight is 304 g/mol. The molecule has 2 nitrogen and oxygen atoms in total. The summed E-state index contributed by atoms with van der Waals surface area (Å²) in [5, 5.41) is 8.49.